The average Bonchev–Trinajstić information content (AvgIpc) is 3.99. The van der Waals surface area contributed by atoms with Gasteiger partial charge in [-0.1, -0.05) is 67.8 Å². The van der Waals surface area contributed by atoms with Crippen molar-refractivity contribution in [1.29, 1.82) is 0 Å². The number of hydrogen-bond acceptors (Lipinski definition) is 6. The third kappa shape index (κ3) is 4.45. The van der Waals surface area contributed by atoms with Crippen molar-refractivity contribution in [1.82, 2.24) is 0 Å². The molecule has 2 heterocycles. The van der Waals surface area contributed by atoms with Gasteiger partial charge in [0.1, 0.15) is 0 Å². The first-order chi connectivity index (χ1) is 27.3. The molecule has 1 fully saturated rings. The van der Waals surface area contributed by atoms with Crippen LogP contribution in [0.5, 0.6) is 0 Å². The summed E-state index contributed by atoms with van der Waals surface area (Å²) >= 11 is 3.26. The van der Waals surface area contributed by atoms with Crippen molar-refractivity contribution >= 4 is 101 Å². The fraction of sp³-hybridized carbons (Fsp3) is 0.120. The Hall–Kier alpha value is -6.08. The highest BCUT2D eigenvalue weighted by Crippen LogP contribution is 2.61. The maximum atomic E-state index is 13.9. The van der Waals surface area contributed by atoms with Crippen LogP contribution in [0.15, 0.2) is 120 Å². The molecule has 2 aromatic heterocycles. The van der Waals surface area contributed by atoms with Crippen molar-refractivity contribution in [2.75, 3.05) is 0 Å². The summed E-state index contributed by atoms with van der Waals surface area (Å²) in [7, 11) is 0. The zero-order valence-electron chi connectivity index (χ0n) is 30.0. The van der Waals surface area contributed by atoms with E-state index >= 15 is 0 Å². The van der Waals surface area contributed by atoms with Crippen molar-refractivity contribution in [3.63, 3.8) is 0 Å². The highest BCUT2D eigenvalue weighted by molar-refractivity contribution is 7.23. The first kappa shape index (κ1) is 32.2. The van der Waals surface area contributed by atoms with Crippen LogP contribution in [0.3, 0.4) is 0 Å². The standard InChI is InChI=1S/C50H30O4S2/c51-44-36-18-30-14-26-8-2-3-9-27(26)15-31(30)19-37(36)45(52)40(44)22-34-24-42-48(55-34)49-43(50(42)12-6-1-7-13-50)25-35(56-49)23-41-46(53)38-20-32-16-28-10-4-5-11-29(28)17-33(32)21-39(38)47(41)54/h2-5,8-11,14-25H,1,6-7,12-13H2. The molecule has 0 aliphatic heterocycles. The molecule has 0 unspecified atom stereocenters. The van der Waals surface area contributed by atoms with Crippen molar-refractivity contribution in [2.24, 2.45) is 0 Å². The first-order valence-electron chi connectivity index (χ1n) is 19.2. The van der Waals surface area contributed by atoms with Crippen molar-refractivity contribution in [3.8, 4) is 9.75 Å². The summed E-state index contributed by atoms with van der Waals surface area (Å²) in [5, 5.41) is 8.17. The Morgan fingerprint density at radius 3 is 1.09 bits per heavy atom. The summed E-state index contributed by atoms with van der Waals surface area (Å²) < 4.78 is 0. The van der Waals surface area contributed by atoms with Gasteiger partial charge in [-0.2, -0.15) is 0 Å². The Labute approximate surface area is 329 Å². The van der Waals surface area contributed by atoms with Gasteiger partial charge in [0.15, 0.2) is 23.1 Å². The summed E-state index contributed by atoms with van der Waals surface area (Å²) in [6.45, 7) is 0. The van der Waals surface area contributed by atoms with Gasteiger partial charge in [0.2, 0.25) is 0 Å². The second kappa shape index (κ2) is 11.5. The molecular weight excluding hydrogens is 729 g/mol. The lowest BCUT2D eigenvalue weighted by Crippen LogP contribution is -2.27. The van der Waals surface area contributed by atoms with Crippen molar-refractivity contribution < 1.29 is 19.2 Å². The Balaban J connectivity index is 0.920. The van der Waals surface area contributed by atoms with E-state index in [9.17, 15) is 19.2 Å². The minimum Gasteiger partial charge on any atom is -0.288 e. The van der Waals surface area contributed by atoms with E-state index < -0.39 is 0 Å². The molecule has 0 atom stereocenters. The molecule has 4 aliphatic carbocycles. The summed E-state index contributed by atoms with van der Waals surface area (Å²) in [6.07, 6.45) is 9.05. The summed E-state index contributed by atoms with van der Waals surface area (Å²) in [5.74, 6) is -0.890. The lowest BCUT2D eigenvalue weighted by Gasteiger charge is -2.34. The first-order valence-corrected chi connectivity index (χ1v) is 20.8. The molecule has 266 valence electrons. The van der Waals surface area contributed by atoms with Crippen LogP contribution in [0.25, 0.3) is 65.0 Å². The van der Waals surface area contributed by atoms with Crippen LogP contribution in [-0.2, 0) is 5.41 Å². The predicted molar refractivity (Wildman–Crippen MR) is 228 cm³/mol. The molecule has 6 heteroatoms. The van der Waals surface area contributed by atoms with Crippen molar-refractivity contribution in [2.45, 2.75) is 37.5 Å². The van der Waals surface area contributed by atoms with E-state index in [1.165, 1.54) is 27.3 Å². The van der Waals surface area contributed by atoms with E-state index in [1.54, 1.807) is 22.7 Å². The molecule has 0 saturated heterocycles. The van der Waals surface area contributed by atoms with Crippen LogP contribution in [0.4, 0.5) is 0 Å². The van der Waals surface area contributed by atoms with Crippen LogP contribution in [-0.4, -0.2) is 23.1 Å². The van der Waals surface area contributed by atoms with Gasteiger partial charge in [0.25, 0.3) is 0 Å². The fourth-order valence-corrected chi connectivity index (χ4v) is 12.5. The van der Waals surface area contributed by atoms with Crippen LogP contribution in [0, 0.1) is 0 Å². The van der Waals surface area contributed by atoms with E-state index in [0.717, 1.165) is 78.5 Å². The third-order valence-electron chi connectivity index (χ3n) is 12.7. The van der Waals surface area contributed by atoms with E-state index in [0.29, 0.717) is 22.3 Å². The normalized spacial score (nSPS) is 16.8. The van der Waals surface area contributed by atoms with Gasteiger partial charge >= 0.3 is 0 Å². The Morgan fingerprint density at radius 2 is 0.750 bits per heavy atom. The van der Waals surface area contributed by atoms with Gasteiger partial charge in [-0.3, -0.25) is 19.2 Å². The number of fused-ring (bicyclic) bond motifs is 11. The largest absolute Gasteiger partial charge is 0.288 e. The van der Waals surface area contributed by atoms with Gasteiger partial charge in [-0.05, 0) is 140 Å². The number of thiophene rings is 2. The zero-order chi connectivity index (χ0) is 37.4. The summed E-state index contributed by atoms with van der Waals surface area (Å²) in [4.78, 5) is 59.6. The highest BCUT2D eigenvalue weighted by Gasteiger charge is 2.47. The number of ketones is 4. The smallest absolute Gasteiger partial charge is 0.197 e. The number of carbonyl (C=O) groups excluding carboxylic acids is 4. The lowest BCUT2D eigenvalue weighted by molar-refractivity contribution is 0.0975. The van der Waals surface area contributed by atoms with Gasteiger partial charge in [-0.15, -0.1) is 22.7 Å². The number of carbonyl (C=O) groups is 4. The van der Waals surface area contributed by atoms with E-state index in [4.69, 9.17) is 0 Å². The second-order valence-corrected chi connectivity index (χ2v) is 17.9. The molecule has 6 aromatic carbocycles. The topological polar surface area (TPSA) is 68.3 Å². The monoisotopic (exact) mass is 758 g/mol. The lowest BCUT2D eigenvalue weighted by atomic mass is 9.68. The molecule has 0 bridgehead atoms. The summed E-state index contributed by atoms with van der Waals surface area (Å²) in [5.41, 5.74) is 4.70. The van der Waals surface area contributed by atoms with Crippen molar-refractivity contribution in [3.05, 3.63) is 163 Å². The molecule has 4 aliphatic rings. The third-order valence-corrected chi connectivity index (χ3v) is 15.0. The molecule has 4 nitrogen and oxygen atoms in total. The molecule has 0 amide bonds. The summed E-state index contributed by atoms with van der Waals surface area (Å²) in [6, 6.07) is 36.5. The Bertz CT molecular complexity index is 2890. The van der Waals surface area contributed by atoms with Gasteiger partial charge in [0.05, 0.1) is 11.1 Å². The molecule has 1 saturated carbocycles. The number of hydrogen-bond donors (Lipinski definition) is 0. The minimum absolute atomic E-state index is 0.164. The number of rotatable bonds is 2. The average molecular weight is 759 g/mol. The van der Waals surface area contributed by atoms with Crippen LogP contribution in [0.1, 0.15) is 94.4 Å². The SMILES string of the molecule is O=C1C(=Cc2cc3c(s2)-c2sc(C=C4C(=O)c5cc6cc7ccccc7cc6cc5C4=O)cc2C32CCCCC2)C(=O)c2cc3cc4ccccc4cc3cc21. The van der Waals surface area contributed by atoms with Gasteiger partial charge in [0, 0.05) is 47.2 Å². The highest BCUT2D eigenvalue weighted by atomic mass is 32.1. The maximum absolute atomic E-state index is 13.9. The molecule has 0 N–H and O–H groups in total. The van der Waals surface area contributed by atoms with E-state index in [1.807, 2.05) is 60.7 Å². The van der Waals surface area contributed by atoms with Crippen LogP contribution >= 0.6 is 22.7 Å². The van der Waals surface area contributed by atoms with Crippen LogP contribution < -0.4 is 0 Å². The Morgan fingerprint density at radius 1 is 0.411 bits per heavy atom. The van der Waals surface area contributed by atoms with Gasteiger partial charge in [-0.25, -0.2) is 0 Å². The minimum atomic E-state index is -0.222. The quantitative estimate of drug-likeness (QED) is 0.1000. The predicted octanol–water partition coefficient (Wildman–Crippen LogP) is 12.6. The number of Topliss-reactive ketones (excluding diaryl/α,β-unsaturated/α-hetero) is 4. The van der Waals surface area contributed by atoms with Gasteiger partial charge < -0.3 is 0 Å². The molecule has 12 rings (SSSR count). The fourth-order valence-electron chi connectivity index (χ4n) is 9.92. The molecule has 1 spiro atoms. The number of benzene rings is 6. The van der Waals surface area contributed by atoms with E-state index in [-0.39, 0.29) is 39.7 Å². The zero-order valence-corrected chi connectivity index (χ0v) is 31.7. The maximum Gasteiger partial charge on any atom is 0.197 e. The number of allylic oxidation sites excluding steroid dienone is 2. The molecule has 0 radical (unpaired) electrons. The van der Waals surface area contributed by atoms with Crippen LogP contribution in [0.2, 0.25) is 0 Å². The molecule has 8 aromatic rings. The Kier molecular flexibility index (Phi) is 6.60. The van der Waals surface area contributed by atoms with E-state index in [2.05, 4.69) is 60.7 Å². The second-order valence-electron chi connectivity index (χ2n) is 15.7. The molecular formula is C50H30O4S2. The molecule has 56 heavy (non-hydrogen) atoms.